The molecule has 22 heavy (non-hydrogen) atoms. The standard InChI is InChI=1S/C14H23N3O3S.ClH/c1-10(2)6-13(8-15)17-14(18)12-5-3-4-11(7-12)9-21(16,19)20;/h3-5,7,10,13H,6,8-9,15H2,1-2H3,(H,17,18)(H2,16,19,20);1H. The van der Waals surface area contributed by atoms with Gasteiger partial charge in [0.1, 0.15) is 0 Å². The van der Waals surface area contributed by atoms with Crippen molar-refractivity contribution >= 4 is 28.3 Å². The third-order valence-corrected chi connectivity index (χ3v) is 3.67. The first kappa shape index (κ1) is 20.9. The lowest BCUT2D eigenvalue weighted by molar-refractivity contribution is 0.0933. The second-order valence-electron chi connectivity index (χ2n) is 5.54. The summed E-state index contributed by atoms with van der Waals surface area (Å²) in [7, 11) is -3.61. The quantitative estimate of drug-likeness (QED) is 0.681. The highest BCUT2D eigenvalue weighted by atomic mass is 35.5. The maximum absolute atomic E-state index is 12.2. The van der Waals surface area contributed by atoms with Gasteiger partial charge in [0.05, 0.1) is 5.75 Å². The Morgan fingerprint density at radius 3 is 2.45 bits per heavy atom. The Bertz CT molecular complexity index is 591. The summed E-state index contributed by atoms with van der Waals surface area (Å²) in [6.45, 7) is 4.48. The highest BCUT2D eigenvalue weighted by Crippen LogP contribution is 2.09. The molecule has 1 rings (SSSR count). The zero-order valence-corrected chi connectivity index (χ0v) is 14.4. The number of hydrogen-bond acceptors (Lipinski definition) is 4. The second kappa shape index (κ2) is 9.09. The van der Waals surface area contributed by atoms with Gasteiger partial charge in [0, 0.05) is 18.2 Å². The minimum Gasteiger partial charge on any atom is -0.348 e. The number of primary sulfonamides is 1. The second-order valence-corrected chi connectivity index (χ2v) is 7.16. The molecule has 0 aliphatic rings. The summed E-state index contributed by atoms with van der Waals surface area (Å²) >= 11 is 0. The number of hydrogen-bond donors (Lipinski definition) is 3. The minimum absolute atomic E-state index is 0. The van der Waals surface area contributed by atoms with Gasteiger partial charge in [-0.05, 0) is 30.0 Å². The lowest BCUT2D eigenvalue weighted by Gasteiger charge is -2.19. The molecule has 0 aliphatic carbocycles. The fraction of sp³-hybridized carbons (Fsp3) is 0.500. The Morgan fingerprint density at radius 1 is 1.32 bits per heavy atom. The zero-order chi connectivity index (χ0) is 16.0. The van der Waals surface area contributed by atoms with E-state index in [4.69, 9.17) is 10.9 Å². The molecule has 0 radical (unpaired) electrons. The van der Waals surface area contributed by atoms with E-state index in [1.54, 1.807) is 18.2 Å². The van der Waals surface area contributed by atoms with Gasteiger partial charge in [-0.2, -0.15) is 0 Å². The molecule has 0 fully saturated rings. The third kappa shape index (κ3) is 7.74. The van der Waals surface area contributed by atoms with E-state index in [0.29, 0.717) is 23.6 Å². The van der Waals surface area contributed by atoms with Gasteiger partial charge >= 0.3 is 0 Å². The number of nitrogens with one attached hydrogen (secondary N) is 1. The average molecular weight is 350 g/mol. The van der Waals surface area contributed by atoms with E-state index in [2.05, 4.69) is 19.2 Å². The number of sulfonamides is 1. The predicted octanol–water partition coefficient (Wildman–Crippen LogP) is 1.00. The van der Waals surface area contributed by atoms with E-state index < -0.39 is 10.0 Å². The molecule has 1 aromatic carbocycles. The number of carbonyl (C=O) groups excluding carboxylic acids is 1. The van der Waals surface area contributed by atoms with Crippen molar-refractivity contribution in [3.8, 4) is 0 Å². The smallest absolute Gasteiger partial charge is 0.251 e. The molecule has 126 valence electrons. The summed E-state index contributed by atoms with van der Waals surface area (Å²) in [5.41, 5.74) is 6.54. The van der Waals surface area contributed by atoms with Gasteiger partial charge in [-0.15, -0.1) is 12.4 Å². The van der Waals surface area contributed by atoms with Crippen LogP contribution >= 0.6 is 12.4 Å². The first-order valence-electron chi connectivity index (χ1n) is 6.81. The van der Waals surface area contributed by atoms with Crippen molar-refractivity contribution < 1.29 is 13.2 Å². The molecule has 1 atom stereocenters. The zero-order valence-electron chi connectivity index (χ0n) is 12.8. The van der Waals surface area contributed by atoms with Crippen LogP contribution in [0.2, 0.25) is 0 Å². The van der Waals surface area contributed by atoms with Crippen LogP contribution in [0.5, 0.6) is 0 Å². The highest BCUT2D eigenvalue weighted by molar-refractivity contribution is 7.88. The van der Waals surface area contributed by atoms with Gasteiger partial charge in [0.15, 0.2) is 0 Å². The van der Waals surface area contributed by atoms with Gasteiger partial charge in [0.2, 0.25) is 10.0 Å². The van der Waals surface area contributed by atoms with Crippen molar-refractivity contribution in [3.63, 3.8) is 0 Å². The first-order chi connectivity index (χ1) is 9.71. The normalized spacial score (nSPS) is 12.6. The Labute approximate surface area is 138 Å². The highest BCUT2D eigenvalue weighted by Gasteiger charge is 2.15. The molecular formula is C14H24ClN3O3S. The van der Waals surface area contributed by atoms with Crippen LogP contribution in [-0.2, 0) is 15.8 Å². The van der Waals surface area contributed by atoms with Crippen molar-refractivity contribution in [1.29, 1.82) is 0 Å². The number of carbonyl (C=O) groups is 1. The molecule has 0 saturated heterocycles. The molecule has 0 spiro atoms. The SMILES string of the molecule is CC(C)CC(CN)NC(=O)c1cccc(CS(N)(=O)=O)c1.Cl. The van der Waals surface area contributed by atoms with E-state index in [9.17, 15) is 13.2 Å². The van der Waals surface area contributed by atoms with Crippen LogP contribution in [0.15, 0.2) is 24.3 Å². The van der Waals surface area contributed by atoms with Gasteiger partial charge in [-0.3, -0.25) is 4.79 Å². The summed E-state index contributed by atoms with van der Waals surface area (Å²) in [6, 6.07) is 6.32. The van der Waals surface area contributed by atoms with E-state index in [0.717, 1.165) is 6.42 Å². The monoisotopic (exact) mass is 349 g/mol. The third-order valence-electron chi connectivity index (χ3n) is 2.93. The molecule has 6 nitrogen and oxygen atoms in total. The summed E-state index contributed by atoms with van der Waals surface area (Å²) in [6.07, 6.45) is 0.791. The van der Waals surface area contributed by atoms with Gasteiger partial charge in [0.25, 0.3) is 5.91 Å². The van der Waals surface area contributed by atoms with Gasteiger partial charge in [-0.1, -0.05) is 26.0 Å². The molecule has 8 heteroatoms. The van der Waals surface area contributed by atoms with E-state index in [1.807, 2.05) is 0 Å². The molecule has 5 N–H and O–H groups in total. The Kier molecular flexibility index (Phi) is 8.62. The summed E-state index contributed by atoms with van der Waals surface area (Å²) in [5, 5.41) is 7.87. The maximum atomic E-state index is 12.2. The molecule has 0 saturated carbocycles. The number of rotatable bonds is 7. The Morgan fingerprint density at radius 2 is 1.95 bits per heavy atom. The molecule has 1 amide bonds. The fourth-order valence-corrected chi connectivity index (χ4v) is 2.73. The number of nitrogens with two attached hydrogens (primary N) is 2. The number of halogens is 1. The summed E-state index contributed by atoms with van der Waals surface area (Å²) in [5.74, 6) is -0.129. The lowest BCUT2D eigenvalue weighted by Crippen LogP contribution is -2.41. The fourth-order valence-electron chi connectivity index (χ4n) is 2.09. The number of amides is 1. The van der Waals surface area contributed by atoms with Gasteiger partial charge in [-0.25, -0.2) is 13.6 Å². The van der Waals surface area contributed by atoms with E-state index >= 15 is 0 Å². The molecular weight excluding hydrogens is 326 g/mol. The topological polar surface area (TPSA) is 115 Å². The van der Waals surface area contributed by atoms with Crippen LogP contribution in [0, 0.1) is 5.92 Å². The largest absolute Gasteiger partial charge is 0.348 e. The first-order valence-corrected chi connectivity index (χ1v) is 8.53. The molecule has 0 bridgehead atoms. The molecule has 0 aromatic heterocycles. The average Bonchev–Trinajstić information content (AvgIpc) is 2.35. The number of benzene rings is 1. The summed E-state index contributed by atoms with van der Waals surface area (Å²) in [4.78, 5) is 12.2. The summed E-state index contributed by atoms with van der Waals surface area (Å²) < 4.78 is 22.2. The van der Waals surface area contributed by atoms with E-state index in [1.165, 1.54) is 6.07 Å². The van der Waals surface area contributed by atoms with Crippen LogP contribution in [0.4, 0.5) is 0 Å². The van der Waals surface area contributed by atoms with Crippen LogP contribution in [0.1, 0.15) is 36.2 Å². The van der Waals surface area contributed by atoms with Crippen molar-refractivity contribution in [3.05, 3.63) is 35.4 Å². The molecule has 1 aromatic rings. The lowest BCUT2D eigenvalue weighted by atomic mass is 10.0. The van der Waals surface area contributed by atoms with Crippen LogP contribution in [0.3, 0.4) is 0 Å². The van der Waals surface area contributed by atoms with Gasteiger partial charge < -0.3 is 11.1 Å². The van der Waals surface area contributed by atoms with Crippen molar-refractivity contribution in [2.45, 2.75) is 32.1 Å². The van der Waals surface area contributed by atoms with Crippen molar-refractivity contribution in [2.24, 2.45) is 16.8 Å². The Balaban J connectivity index is 0.00000441. The van der Waals surface area contributed by atoms with Crippen LogP contribution < -0.4 is 16.2 Å². The van der Waals surface area contributed by atoms with Crippen LogP contribution in [0.25, 0.3) is 0 Å². The van der Waals surface area contributed by atoms with Crippen molar-refractivity contribution in [2.75, 3.05) is 6.54 Å². The minimum atomic E-state index is -3.61. The maximum Gasteiger partial charge on any atom is 0.251 e. The molecule has 1 unspecified atom stereocenters. The molecule has 0 heterocycles. The van der Waals surface area contributed by atoms with E-state index in [-0.39, 0.29) is 30.1 Å². The Hall–Kier alpha value is -1.15. The predicted molar refractivity (Wildman–Crippen MR) is 90.3 cm³/mol. The molecule has 0 aliphatic heterocycles. The van der Waals surface area contributed by atoms with Crippen molar-refractivity contribution in [1.82, 2.24) is 5.32 Å². The van der Waals surface area contributed by atoms with Crippen LogP contribution in [-0.4, -0.2) is 26.9 Å².